The van der Waals surface area contributed by atoms with Gasteiger partial charge in [-0.05, 0) is 30.7 Å². The number of nitrogen functional groups attached to an aromatic ring is 1. The van der Waals surface area contributed by atoms with Crippen LogP contribution in [0.2, 0.25) is 5.02 Å². The van der Waals surface area contributed by atoms with E-state index in [-0.39, 0.29) is 0 Å². The molecule has 0 atom stereocenters. The number of nitrogens with zero attached hydrogens (tertiary/aromatic N) is 1. The van der Waals surface area contributed by atoms with Crippen LogP contribution in [0.1, 0.15) is 5.56 Å². The molecule has 0 saturated carbocycles. The highest BCUT2D eigenvalue weighted by Crippen LogP contribution is 2.27. The molecule has 1 aromatic carbocycles. The van der Waals surface area contributed by atoms with Crippen LogP contribution in [-0.2, 0) is 0 Å². The number of benzene rings is 1. The van der Waals surface area contributed by atoms with Crippen LogP contribution >= 0.6 is 11.6 Å². The Morgan fingerprint density at radius 3 is 2.81 bits per heavy atom. The number of aryl methyl sites for hydroxylation is 1. The van der Waals surface area contributed by atoms with Crippen molar-refractivity contribution in [1.82, 2.24) is 4.98 Å². The lowest BCUT2D eigenvalue weighted by molar-refractivity contribution is 0.460. The third-order valence-electron chi connectivity index (χ3n) is 2.12. The summed E-state index contributed by atoms with van der Waals surface area (Å²) >= 11 is 5.89. The van der Waals surface area contributed by atoms with Gasteiger partial charge in [0.1, 0.15) is 5.75 Å². The fraction of sp³-hybridized carbons (Fsp3) is 0.0833. The molecule has 2 rings (SSSR count). The topological polar surface area (TPSA) is 48.1 Å². The predicted octanol–water partition coefficient (Wildman–Crippen LogP) is 3.42. The number of aromatic nitrogens is 1. The van der Waals surface area contributed by atoms with Crippen molar-refractivity contribution in [2.75, 3.05) is 5.73 Å². The molecule has 0 bridgehead atoms. The van der Waals surface area contributed by atoms with Crippen molar-refractivity contribution in [3.8, 4) is 11.6 Å². The second-order valence-electron chi connectivity index (χ2n) is 3.44. The summed E-state index contributed by atoms with van der Waals surface area (Å²) < 4.78 is 5.60. The molecular formula is C12H11ClN2O. The largest absolute Gasteiger partial charge is 0.439 e. The molecule has 1 heterocycles. The Kier molecular flexibility index (Phi) is 2.97. The lowest BCUT2D eigenvalue weighted by Gasteiger charge is -2.08. The molecule has 2 N–H and O–H groups in total. The minimum atomic E-state index is 0.463. The van der Waals surface area contributed by atoms with Crippen LogP contribution in [0.25, 0.3) is 0 Å². The maximum Gasteiger partial charge on any atom is 0.221 e. The third-order valence-corrected chi connectivity index (χ3v) is 2.36. The van der Waals surface area contributed by atoms with E-state index in [9.17, 15) is 0 Å². The van der Waals surface area contributed by atoms with E-state index >= 15 is 0 Å². The van der Waals surface area contributed by atoms with Gasteiger partial charge in [0.2, 0.25) is 5.88 Å². The summed E-state index contributed by atoms with van der Waals surface area (Å²) in [6.07, 6.45) is 1.60. The van der Waals surface area contributed by atoms with Gasteiger partial charge in [0.05, 0.1) is 0 Å². The Morgan fingerprint density at radius 1 is 1.25 bits per heavy atom. The van der Waals surface area contributed by atoms with Gasteiger partial charge in [0.15, 0.2) is 0 Å². The summed E-state index contributed by atoms with van der Waals surface area (Å²) in [6, 6.07) is 8.83. The molecule has 0 radical (unpaired) electrons. The lowest BCUT2D eigenvalue weighted by Crippen LogP contribution is -1.92. The highest BCUT2D eigenvalue weighted by molar-refractivity contribution is 6.30. The second-order valence-corrected chi connectivity index (χ2v) is 3.88. The maximum absolute atomic E-state index is 5.89. The first-order valence-electron chi connectivity index (χ1n) is 4.81. The Morgan fingerprint density at radius 2 is 2.06 bits per heavy atom. The minimum Gasteiger partial charge on any atom is -0.439 e. The first-order chi connectivity index (χ1) is 7.65. The first kappa shape index (κ1) is 10.8. The van der Waals surface area contributed by atoms with Crippen molar-refractivity contribution in [2.24, 2.45) is 0 Å². The van der Waals surface area contributed by atoms with Gasteiger partial charge in [0.25, 0.3) is 0 Å². The number of ether oxygens (including phenoxy) is 1. The molecule has 0 spiro atoms. The highest BCUT2D eigenvalue weighted by Gasteiger charge is 2.03. The molecule has 3 nitrogen and oxygen atoms in total. The van der Waals surface area contributed by atoms with E-state index in [2.05, 4.69) is 4.98 Å². The Bertz CT molecular complexity index is 514. The van der Waals surface area contributed by atoms with E-state index in [0.717, 1.165) is 5.56 Å². The maximum atomic E-state index is 5.89. The van der Waals surface area contributed by atoms with E-state index < -0.39 is 0 Å². The highest BCUT2D eigenvalue weighted by atomic mass is 35.5. The molecule has 16 heavy (non-hydrogen) atoms. The molecule has 0 fully saturated rings. The van der Waals surface area contributed by atoms with E-state index in [1.165, 1.54) is 0 Å². The van der Waals surface area contributed by atoms with Gasteiger partial charge in [-0.25, -0.2) is 4.98 Å². The number of hydrogen-bond acceptors (Lipinski definition) is 3. The number of pyridine rings is 1. The number of nitrogens with two attached hydrogens (primary N) is 1. The fourth-order valence-corrected chi connectivity index (χ4v) is 1.44. The minimum absolute atomic E-state index is 0.463. The Balaban J connectivity index is 2.30. The molecule has 0 unspecified atom stereocenters. The van der Waals surface area contributed by atoms with Crippen molar-refractivity contribution < 1.29 is 4.74 Å². The van der Waals surface area contributed by atoms with Crippen molar-refractivity contribution in [1.29, 1.82) is 0 Å². The van der Waals surface area contributed by atoms with Gasteiger partial charge in [-0.2, -0.15) is 0 Å². The molecule has 0 aliphatic heterocycles. The van der Waals surface area contributed by atoms with E-state index in [1.807, 2.05) is 19.1 Å². The average molecular weight is 235 g/mol. The summed E-state index contributed by atoms with van der Waals surface area (Å²) in [5.74, 6) is 1.15. The van der Waals surface area contributed by atoms with Gasteiger partial charge in [-0.1, -0.05) is 17.7 Å². The molecule has 82 valence electrons. The van der Waals surface area contributed by atoms with Gasteiger partial charge in [-0.3, -0.25) is 0 Å². The van der Waals surface area contributed by atoms with Crippen molar-refractivity contribution in [2.45, 2.75) is 6.92 Å². The molecule has 0 amide bonds. The zero-order chi connectivity index (χ0) is 11.5. The van der Waals surface area contributed by atoms with E-state index in [0.29, 0.717) is 22.3 Å². The van der Waals surface area contributed by atoms with E-state index in [4.69, 9.17) is 22.1 Å². The number of halogens is 1. The lowest BCUT2D eigenvalue weighted by atomic mass is 10.2. The van der Waals surface area contributed by atoms with Crippen LogP contribution in [-0.4, -0.2) is 4.98 Å². The van der Waals surface area contributed by atoms with Crippen LogP contribution < -0.4 is 10.5 Å². The molecular weight excluding hydrogens is 224 g/mol. The van der Waals surface area contributed by atoms with Crippen LogP contribution in [0.15, 0.2) is 36.5 Å². The summed E-state index contributed by atoms with van der Waals surface area (Å²) in [5, 5.41) is 0.629. The predicted molar refractivity (Wildman–Crippen MR) is 64.9 cm³/mol. The third kappa shape index (κ3) is 2.44. The second kappa shape index (κ2) is 4.41. The summed E-state index contributed by atoms with van der Waals surface area (Å²) in [7, 11) is 0. The van der Waals surface area contributed by atoms with Crippen LogP contribution in [0.5, 0.6) is 11.6 Å². The Hall–Kier alpha value is -1.74. The monoisotopic (exact) mass is 234 g/mol. The van der Waals surface area contributed by atoms with Crippen molar-refractivity contribution in [3.05, 3.63) is 47.1 Å². The molecule has 1 aromatic heterocycles. The number of anilines is 1. The average Bonchev–Trinajstić information content (AvgIpc) is 2.24. The van der Waals surface area contributed by atoms with Crippen LogP contribution in [0.4, 0.5) is 5.69 Å². The molecule has 2 aromatic rings. The Labute approximate surface area is 98.8 Å². The molecule has 4 heteroatoms. The smallest absolute Gasteiger partial charge is 0.221 e. The molecule has 0 aliphatic rings. The zero-order valence-corrected chi connectivity index (χ0v) is 9.53. The van der Waals surface area contributed by atoms with Gasteiger partial charge in [-0.15, -0.1) is 0 Å². The SMILES string of the molecule is Cc1ccc(Cl)cc1Oc1cc(N)ccn1. The van der Waals surface area contributed by atoms with Crippen LogP contribution in [0, 0.1) is 6.92 Å². The van der Waals surface area contributed by atoms with Gasteiger partial charge < -0.3 is 10.5 Å². The summed E-state index contributed by atoms with van der Waals surface area (Å²) in [4.78, 5) is 4.06. The fourth-order valence-electron chi connectivity index (χ4n) is 1.28. The summed E-state index contributed by atoms with van der Waals surface area (Å²) in [5.41, 5.74) is 7.24. The quantitative estimate of drug-likeness (QED) is 0.866. The molecule has 0 saturated heterocycles. The first-order valence-corrected chi connectivity index (χ1v) is 5.18. The standard InChI is InChI=1S/C12H11ClN2O/c1-8-2-3-9(13)6-11(8)16-12-7-10(14)4-5-15-12/h2-7H,1H3,(H2,14,15). The number of hydrogen-bond donors (Lipinski definition) is 1. The van der Waals surface area contributed by atoms with E-state index in [1.54, 1.807) is 24.4 Å². The normalized spacial score (nSPS) is 10.1. The molecule has 0 aliphatic carbocycles. The number of rotatable bonds is 2. The van der Waals surface area contributed by atoms with Crippen LogP contribution in [0.3, 0.4) is 0 Å². The van der Waals surface area contributed by atoms with Crippen molar-refractivity contribution in [3.63, 3.8) is 0 Å². The van der Waals surface area contributed by atoms with Gasteiger partial charge >= 0.3 is 0 Å². The van der Waals surface area contributed by atoms with Crippen molar-refractivity contribution >= 4 is 17.3 Å². The van der Waals surface area contributed by atoms with Gasteiger partial charge in [0, 0.05) is 23.0 Å². The summed E-state index contributed by atoms with van der Waals surface area (Å²) in [6.45, 7) is 1.94. The zero-order valence-electron chi connectivity index (χ0n) is 8.77.